The van der Waals surface area contributed by atoms with E-state index in [9.17, 15) is 27.7 Å². The van der Waals surface area contributed by atoms with E-state index in [0.717, 1.165) is 0 Å². The van der Waals surface area contributed by atoms with Crippen LogP contribution < -0.4 is 42.7 Å². The van der Waals surface area contributed by atoms with Gasteiger partial charge >= 0.3 is 11.9 Å². The summed E-state index contributed by atoms with van der Waals surface area (Å²) in [5.41, 5.74) is 8.67. The van der Waals surface area contributed by atoms with Crippen molar-refractivity contribution >= 4 is 97.9 Å². The Morgan fingerprint density at radius 2 is 1.47 bits per heavy atom. The highest BCUT2D eigenvalue weighted by Crippen LogP contribution is 2.55. The van der Waals surface area contributed by atoms with Gasteiger partial charge in [0.1, 0.15) is 17.5 Å². The number of hydrogen-bond acceptors (Lipinski definition) is 12. The molecule has 2 aromatic heterocycles. The van der Waals surface area contributed by atoms with Gasteiger partial charge in [-0.2, -0.15) is 0 Å². The number of aromatic nitrogens is 2. The Morgan fingerprint density at radius 1 is 0.956 bits per heavy atom. The zero-order valence-electron chi connectivity index (χ0n) is 22.4. The zero-order valence-corrected chi connectivity index (χ0v) is 29.6. The molecular formula is C22H25Br4N10O8S+. The van der Waals surface area contributed by atoms with Gasteiger partial charge in [0.15, 0.2) is 5.54 Å². The van der Waals surface area contributed by atoms with Crippen LogP contribution in [0.25, 0.3) is 0 Å². The molecule has 45 heavy (non-hydrogen) atoms. The van der Waals surface area contributed by atoms with Crippen molar-refractivity contribution in [1.82, 2.24) is 31.2 Å². The first-order chi connectivity index (χ1) is 21.0. The third-order valence-electron chi connectivity index (χ3n) is 8.35. The van der Waals surface area contributed by atoms with E-state index in [-0.39, 0.29) is 36.4 Å². The first kappa shape index (κ1) is 32.7. The Bertz CT molecular complexity index is 1710. The highest BCUT2D eigenvalue weighted by molar-refractivity contribution is 9.13. The fourth-order valence-corrected chi connectivity index (χ4v) is 8.67. The van der Waals surface area contributed by atoms with Crippen molar-refractivity contribution in [3.05, 3.63) is 41.7 Å². The van der Waals surface area contributed by atoms with Gasteiger partial charge in [-0.05, 0) is 81.8 Å². The number of H-pyrrole nitrogens is 2. The molecule has 4 aliphatic rings. The molecule has 0 unspecified atom stereocenters. The monoisotopic (exact) mass is 905 g/mol. The summed E-state index contributed by atoms with van der Waals surface area (Å²) in [5, 5.41) is 23.4. The molecule has 1 spiro atoms. The molecule has 2 amide bonds. The number of amides is 2. The average Bonchev–Trinajstić information content (AvgIpc) is 3.69. The number of aliphatic hydroxyl groups is 1. The van der Waals surface area contributed by atoms with Crippen molar-refractivity contribution in [2.24, 2.45) is 29.2 Å². The largest absolute Gasteiger partial charge is 0.726 e. The molecule has 0 radical (unpaired) electrons. The molecule has 23 heteroatoms. The molecule has 2 fully saturated rings. The van der Waals surface area contributed by atoms with Crippen LogP contribution >= 0.6 is 63.7 Å². The highest BCUT2D eigenvalue weighted by atomic mass is 79.9. The number of rotatable bonds is 8. The summed E-state index contributed by atoms with van der Waals surface area (Å²) in [7, 11) is -5.40. The lowest BCUT2D eigenvalue weighted by Gasteiger charge is -2.48. The first-order valence-corrected chi connectivity index (χ1v) is 17.5. The second kappa shape index (κ2) is 11.5. The summed E-state index contributed by atoms with van der Waals surface area (Å²) in [6.07, 6.45) is -3.97. The maximum Gasteiger partial charge on any atom is 0.345 e. The van der Waals surface area contributed by atoms with E-state index in [1.165, 1.54) is 6.07 Å². The Morgan fingerprint density at radius 3 is 1.98 bits per heavy atom. The van der Waals surface area contributed by atoms with E-state index in [0.29, 0.717) is 18.2 Å². The smallest absolute Gasteiger partial charge is 0.345 e. The van der Waals surface area contributed by atoms with Gasteiger partial charge < -0.3 is 30.3 Å². The van der Waals surface area contributed by atoms with Crippen molar-refractivity contribution in [2.45, 2.75) is 29.8 Å². The van der Waals surface area contributed by atoms with E-state index in [1.807, 2.05) is 0 Å². The Hall–Kier alpha value is -2.25. The van der Waals surface area contributed by atoms with Crippen LogP contribution in [-0.4, -0.2) is 94.7 Å². The predicted octanol–water partition coefficient (Wildman–Crippen LogP) is -4.63. The number of guanidine groups is 2. The Labute approximate surface area is 287 Å². The Balaban J connectivity index is 1.42. The molecule has 5 heterocycles. The number of nitrogens with two attached hydrogens (primary N) is 2. The number of fused-ring (bicyclic) bond motifs is 2. The normalized spacial score (nSPS) is 33.3. The molecule has 13 N–H and O–H groups in total. The number of ether oxygens (including phenoxy) is 1. The zero-order chi connectivity index (χ0) is 32.6. The first-order valence-electron chi connectivity index (χ1n) is 13.0. The summed E-state index contributed by atoms with van der Waals surface area (Å²) in [6.45, 7) is -0.489. The summed E-state index contributed by atoms with van der Waals surface area (Å²) in [4.78, 5) is 37.8. The van der Waals surface area contributed by atoms with Crippen LogP contribution in [-0.2, 0) is 19.3 Å². The third-order valence-corrected chi connectivity index (χ3v) is 12.4. The highest BCUT2D eigenvalue weighted by Gasteiger charge is 2.81. The van der Waals surface area contributed by atoms with Gasteiger partial charge in [0.25, 0.3) is 17.5 Å². The topological polar surface area (TPSA) is 290 Å². The number of carbonyl (C=O) groups excluding carboxylic acids is 2. The van der Waals surface area contributed by atoms with E-state index < -0.39 is 69.8 Å². The van der Waals surface area contributed by atoms with Gasteiger partial charge in [-0.3, -0.25) is 35.3 Å². The third kappa shape index (κ3) is 5.58. The number of carbonyl (C=O) groups is 2. The number of hydrogen-bond donors (Lipinski definition) is 11. The van der Waals surface area contributed by atoms with Gasteiger partial charge in [-0.15, -0.1) is 0 Å². The van der Waals surface area contributed by atoms with E-state index >= 15 is 0 Å². The molecule has 2 aromatic rings. The molecule has 244 valence electrons. The van der Waals surface area contributed by atoms with E-state index in [1.54, 1.807) is 6.07 Å². The Kier molecular flexibility index (Phi) is 8.33. The van der Waals surface area contributed by atoms with E-state index in [2.05, 4.69) is 105 Å². The molecule has 1 saturated heterocycles. The SMILES string of the molecule is NC1=[NH+][C@@H]2O[C@@H]3[NH+]=C(N)N[C@]34[C@H]([C@H](CNC(=O)c3cc(Br)c(Br)[nH]3)[C@@H](CNC(=O)c3cc(Br)c(Br)[nH]3)[C@@H]4OS(=O)(=O)[O-])[C@]2(O)N1. The minimum Gasteiger partial charge on any atom is -0.726 e. The number of halogens is 4. The lowest BCUT2D eigenvalue weighted by Crippen LogP contribution is -2.93. The van der Waals surface area contributed by atoms with Crippen LogP contribution in [0.5, 0.6) is 0 Å². The number of aromatic amines is 2. The van der Waals surface area contributed by atoms with Crippen LogP contribution in [0, 0.1) is 17.8 Å². The molecule has 6 rings (SSSR count). The quantitative estimate of drug-likeness (QED) is 0.0882. The molecule has 1 aliphatic carbocycles. The lowest BCUT2D eigenvalue weighted by atomic mass is 9.71. The maximum absolute atomic E-state index is 13.2. The van der Waals surface area contributed by atoms with Crippen LogP contribution in [0.3, 0.4) is 0 Å². The van der Waals surface area contributed by atoms with Crippen LogP contribution in [0.2, 0.25) is 0 Å². The maximum atomic E-state index is 13.2. The van der Waals surface area contributed by atoms with Gasteiger partial charge in [0, 0.05) is 19.0 Å². The fraction of sp³-hybridized carbons (Fsp3) is 0.455. The van der Waals surface area contributed by atoms with Crippen molar-refractivity contribution in [1.29, 1.82) is 0 Å². The van der Waals surface area contributed by atoms with Gasteiger partial charge in [-0.1, -0.05) is 0 Å². The molecule has 0 aromatic carbocycles. The van der Waals surface area contributed by atoms with Crippen molar-refractivity contribution in [2.75, 3.05) is 13.1 Å². The minimum atomic E-state index is -5.40. The summed E-state index contributed by atoms with van der Waals surface area (Å²) in [6, 6.07) is 3.06. The average molecular weight is 909 g/mol. The second-order valence-electron chi connectivity index (χ2n) is 10.9. The van der Waals surface area contributed by atoms with Crippen LogP contribution in [0.1, 0.15) is 21.0 Å². The van der Waals surface area contributed by atoms with Crippen molar-refractivity contribution in [3.63, 3.8) is 0 Å². The van der Waals surface area contributed by atoms with Crippen molar-refractivity contribution < 1.29 is 46.6 Å². The molecule has 1 saturated carbocycles. The summed E-state index contributed by atoms with van der Waals surface area (Å²) < 4.78 is 50.1. The summed E-state index contributed by atoms with van der Waals surface area (Å²) in [5.74, 6) is -4.36. The van der Waals surface area contributed by atoms with Gasteiger partial charge in [0.2, 0.25) is 22.9 Å². The van der Waals surface area contributed by atoms with Crippen molar-refractivity contribution in [3.8, 4) is 0 Å². The molecule has 8 atom stereocenters. The predicted molar refractivity (Wildman–Crippen MR) is 165 cm³/mol. The second-order valence-corrected chi connectivity index (χ2v) is 15.2. The fourth-order valence-electron chi connectivity index (χ4n) is 6.80. The van der Waals surface area contributed by atoms with Gasteiger partial charge in [0.05, 0.1) is 24.1 Å². The minimum absolute atomic E-state index is 0.0491. The van der Waals surface area contributed by atoms with Crippen LogP contribution in [0.15, 0.2) is 30.3 Å². The molecular weight excluding hydrogens is 884 g/mol. The van der Waals surface area contributed by atoms with Crippen LogP contribution in [0.4, 0.5) is 0 Å². The molecule has 18 nitrogen and oxygen atoms in total. The number of nitrogens with one attached hydrogen (secondary N) is 8. The van der Waals surface area contributed by atoms with E-state index in [4.69, 9.17) is 20.4 Å². The lowest BCUT2D eigenvalue weighted by molar-refractivity contribution is -0.662. The molecule has 3 aliphatic heterocycles. The summed E-state index contributed by atoms with van der Waals surface area (Å²) >= 11 is 13.2. The molecule has 0 bridgehead atoms. The standard InChI is InChI=1S/C22H24Br4N10O8S/c23-7-1-9(31-13(7)25)15(37)29-3-5-6(4-30-16(38)10-2-8(24)14(26)32-10)12(44-45(40,41)42)21-11(5)22(39)18(34-20(28)36-22)43-17(21)33-19(27)35-21/h1-2,5-6,11-12,17-18,31-32,39H,3-4H2,(H,29,37)(H,30,38)(H3,27,33,35)(H3,28,34,36)(H,40,41,42)/p+1/t5-,6-,11+,12+,17+,18-,21+,22-/m1/s1. The van der Waals surface area contributed by atoms with Gasteiger partial charge in [-0.25, -0.2) is 23.7 Å².